The van der Waals surface area contributed by atoms with E-state index in [2.05, 4.69) is 37.2 Å². The van der Waals surface area contributed by atoms with Crippen LogP contribution in [0.2, 0.25) is 0 Å². The third-order valence-corrected chi connectivity index (χ3v) is 3.17. The third kappa shape index (κ3) is 5.33. The molecule has 0 atom stereocenters. The average molecular weight is 368 g/mol. The summed E-state index contributed by atoms with van der Waals surface area (Å²) in [5.74, 6) is 0. The van der Waals surface area contributed by atoms with Gasteiger partial charge in [-0.3, -0.25) is 4.79 Å². The highest BCUT2D eigenvalue weighted by atomic mass is 79.9. The molecule has 1 heterocycles. The maximum atomic E-state index is 11.7. The molecule has 0 spiro atoms. The fourth-order valence-corrected chi connectivity index (χ4v) is 2.60. The Morgan fingerprint density at radius 2 is 2.18 bits per heavy atom. The van der Waals surface area contributed by atoms with E-state index in [0.29, 0.717) is 17.6 Å². The van der Waals surface area contributed by atoms with Gasteiger partial charge in [0.15, 0.2) is 0 Å². The molecule has 0 radical (unpaired) electrons. The average Bonchev–Trinajstić information content (AvgIpc) is 2.29. The monoisotopic (exact) mass is 366 g/mol. The van der Waals surface area contributed by atoms with Crippen molar-refractivity contribution in [2.24, 2.45) is 0 Å². The molecule has 0 aromatic carbocycles. The van der Waals surface area contributed by atoms with Crippen LogP contribution in [0.3, 0.4) is 0 Å². The Bertz CT molecular complexity index is 407. The van der Waals surface area contributed by atoms with E-state index in [0.717, 1.165) is 24.2 Å². The van der Waals surface area contributed by atoms with E-state index in [-0.39, 0.29) is 5.56 Å². The second-order valence-corrected chi connectivity index (χ2v) is 5.22. The van der Waals surface area contributed by atoms with Crippen molar-refractivity contribution in [2.75, 3.05) is 26.3 Å². The van der Waals surface area contributed by atoms with Crippen molar-refractivity contribution < 1.29 is 4.74 Å². The van der Waals surface area contributed by atoms with Crippen molar-refractivity contribution in [3.8, 4) is 0 Å². The lowest BCUT2D eigenvalue weighted by Gasteiger charge is -2.08. The number of hydrogen-bond donors (Lipinski definition) is 1. The lowest BCUT2D eigenvalue weighted by Crippen LogP contribution is -2.29. The molecule has 0 saturated carbocycles. The first kappa shape index (κ1) is 14.9. The first-order valence-electron chi connectivity index (χ1n) is 5.49. The highest BCUT2D eigenvalue weighted by Gasteiger charge is 2.02. The van der Waals surface area contributed by atoms with Crippen LogP contribution in [0.5, 0.6) is 0 Å². The molecule has 0 aliphatic rings. The molecule has 1 aromatic rings. The first-order chi connectivity index (χ1) is 8.15. The number of hydrogen-bond acceptors (Lipinski definition) is 3. The van der Waals surface area contributed by atoms with Gasteiger partial charge in [0.1, 0.15) is 0 Å². The molecule has 0 bridgehead atoms. The van der Waals surface area contributed by atoms with Crippen LogP contribution >= 0.6 is 31.9 Å². The highest BCUT2D eigenvalue weighted by molar-refractivity contribution is 9.11. The van der Waals surface area contributed by atoms with E-state index in [1.54, 1.807) is 16.8 Å². The molecule has 1 N–H and O–H groups in total. The van der Waals surface area contributed by atoms with Crippen molar-refractivity contribution >= 4 is 31.9 Å². The van der Waals surface area contributed by atoms with E-state index in [1.807, 2.05) is 6.92 Å². The summed E-state index contributed by atoms with van der Waals surface area (Å²) in [6, 6.07) is 1.75. The predicted molar refractivity (Wildman–Crippen MR) is 75.5 cm³/mol. The summed E-state index contributed by atoms with van der Waals surface area (Å²) in [5.41, 5.74) is -0.0141. The topological polar surface area (TPSA) is 43.3 Å². The maximum Gasteiger partial charge on any atom is 0.264 e. The van der Waals surface area contributed by atoms with Gasteiger partial charge in [-0.2, -0.15) is 0 Å². The quantitative estimate of drug-likeness (QED) is 0.749. The molecule has 17 heavy (non-hydrogen) atoms. The van der Waals surface area contributed by atoms with Crippen molar-refractivity contribution in [1.82, 2.24) is 9.88 Å². The lowest BCUT2D eigenvalue weighted by atomic mass is 10.4. The largest absolute Gasteiger partial charge is 0.380 e. The van der Waals surface area contributed by atoms with Gasteiger partial charge < -0.3 is 14.6 Å². The summed E-state index contributed by atoms with van der Waals surface area (Å²) in [5, 5.41) is 3.22. The van der Waals surface area contributed by atoms with Crippen molar-refractivity contribution in [3.05, 3.63) is 31.6 Å². The lowest BCUT2D eigenvalue weighted by molar-refractivity contribution is 0.149. The Labute approximate surface area is 118 Å². The Kier molecular flexibility index (Phi) is 7.03. The minimum atomic E-state index is -0.0141. The molecule has 0 fully saturated rings. The molecule has 0 aliphatic heterocycles. The number of nitrogens with zero attached hydrogens (tertiary/aromatic N) is 1. The van der Waals surface area contributed by atoms with Gasteiger partial charge in [0.2, 0.25) is 0 Å². The van der Waals surface area contributed by atoms with Crippen molar-refractivity contribution in [1.29, 1.82) is 0 Å². The summed E-state index contributed by atoms with van der Waals surface area (Å²) in [6.07, 6.45) is 1.79. The van der Waals surface area contributed by atoms with Crippen LogP contribution in [-0.4, -0.2) is 30.9 Å². The molecule has 1 aromatic heterocycles. The van der Waals surface area contributed by atoms with Crippen LogP contribution < -0.4 is 10.9 Å². The van der Waals surface area contributed by atoms with Crippen molar-refractivity contribution in [2.45, 2.75) is 13.5 Å². The molecular formula is C11H16Br2N2O2. The van der Waals surface area contributed by atoms with Crippen molar-refractivity contribution in [3.63, 3.8) is 0 Å². The standard InChI is InChI=1S/C11H16Br2N2O2/c1-2-17-6-4-14-3-5-15-8-9(12)7-10(13)11(15)16/h7-8,14H,2-6H2,1H3. The second-order valence-electron chi connectivity index (χ2n) is 3.45. The van der Waals surface area contributed by atoms with E-state index in [4.69, 9.17) is 4.74 Å². The smallest absolute Gasteiger partial charge is 0.264 e. The number of rotatable bonds is 7. The molecule has 0 unspecified atom stereocenters. The number of halogens is 2. The van der Waals surface area contributed by atoms with Crippen LogP contribution in [0, 0.1) is 0 Å². The van der Waals surface area contributed by atoms with Crippen LogP contribution in [0.25, 0.3) is 0 Å². The maximum absolute atomic E-state index is 11.7. The zero-order valence-corrected chi connectivity index (χ0v) is 12.9. The van der Waals surface area contributed by atoms with Crippen LogP contribution in [-0.2, 0) is 11.3 Å². The minimum absolute atomic E-state index is 0.0141. The molecule has 0 amide bonds. The molecule has 1 rings (SSSR count). The first-order valence-corrected chi connectivity index (χ1v) is 7.07. The second kappa shape index (κ2) is 8.02. The molecule has 96 valence electrons. The zero-order valence-electron chi connectivity index (χ0n) is 9.71. The summed E-state index contributed by atoms with van der Waals surface area (Å²) < 4.78 is 8.33. The van der Waals surface area contributed by atoms with Gasteiger partial charge in [-0.25, -0.2) is 0 Å². The molecular weight excluding hydrogens is 352 g/mol. The number of nitrogens with one attached hydrogen (secondary N) is 1. The van der Waals surface area contributed by atoms with Crippen LogP contribution in [0.4, 0.5) is 0 Å². The molecule has 4 nitrogen and oxygen atoms in total. The van der Waals surface area contributed by atoms with Gasteiger partial charge in [-0.1, -0.05) is 0 Å². The van der Waals surface area contributed by atoms with Gasteiger partial charge in [0.05, 0.1) is 11.1 Å². The van der Waals surface area contributed by atoms with E-state index in [1.165, 1.54) is 0 Å². The van der Waals surface area contributed by atoms with Gasteiger partial charge in [-0.05, 0) is 44.8 Å². The third-order valence-electron chi connectivity index (χ3n) is 2.17. The Balaban J connectivity index is 2.39. The summed E-state index contributed by atoms with van der Waals surface area (Å²) in [4.78, 5) is 11.7. The van der Waals surface area contributed by atoms with E-state index >= 15 is 0 Å². The van der Waals surface area contributed by atoms with Gasteiger partial charge in [0.25, 0.3) is 5.56 Å². The minimum Gasteiger partial charge on any atom is -0.380 e. The number of pyridine rings is 1. The predicted octanol–water partition coefficient (Wildman–Crippen LogP) is 2.00. The van der Waals surface area contributed by atoms with Gasteiger partial charge in [-0.15, -0.1) is 0 Å². The highest BCUT2D eigenvalue weighted by Crippen LogP contribution is 2.12. The summed E-state index contributed by atoms with van der Waals surface area (Å²) in [6.45, 7) is 5.60. The zero-order chi connectivity index (χ0) is 12.7. The number of ether oxygens (including phenoxy) is 1. The fraction of sp³-hybridized carbons (Fsp3) is 0.545. The summed E-state index contributed by atoms with van der Waals surface area (Å²) in [7, 11) is 0. The Morgan fingerprint density at radius 1 is 1.41 bits per heavy atom. The molecule has 0 saturated heterocycles. The Hall–Kier alpha value is -0.170. The summed E-state index contributed by atoms with van der Waals surface area (Å²) >= 11 is 6.60. The van der Waals surface area contributed by atoms with Gasteiger partial charge in [0, 0.05) is 36.9 Å². The van der Waals surface area contributed by atoms with E-state index < -0.39 is 0 Å². The molecule has 6 heteroatoms. The molecule has 0 aliphatic carbocycles. The van der Waals surface area contributed by atoms with Crippen LogP contribution in [0.15, 0.2) is 26.0 Å². The van der Waals surface area contributed by atoms with E-state index in [9.17, 15) is 4.79 Å². The fourth-order valence-electron chi connectivity index (χ4n) is 1.34. The Morgan fingerprint density at radius 3 is 2.88 bits per heavy atom. The SMILES string of the molecule is CCOCCNCCn1cc(Br)cc(Br)c1=O. The van der Waals surface area contributed by atoms with Crippen LogP contribution in [0.1, 0.15) is 6.92 Å². The van der Waals surface area contributed by atoms with Gasteiger partial charge >= 0.3 is 0 Å². The normalized spacial score (nSPS) is 10.8. The number of aromatic nitrogens is 1.